The molecule has 22 heteroatoms. The molecule has 1 amide bonds. The Labute approximate surface area is 470 Å². The van der Waals surface area contributed by atoms with Crippen LogP contribution in [0.15, 0.2) is 71.2 Å². The van der Waals surface area contributed by atoms with Crippen molar-refractivity contribution in [3.63, 3.8) is 0 Å². The van der Waals surface area contributed by atoms with Gasteiger partial charge in [-0.1, -0.05) is 67.5 Å². The van der Waals surface area contributed by atoms with Gasteiger partial charge in [-0.3, -0.25) is 24.2 Å². The van der Waals surface area contributed by atoms with Gasteiger partial charge in [-0.15, -0.1) is 0 Å². The van der Waals surface area contributed by atoms with Crippen molar-refractivity contribution in [1.29, 1.82) is 0 Å². The van der Waals surface area contributed by atoms with E-state index in [1.54, 1.807) is 31.3 Å². The summed E-state index contributed by atoms with van der Waals surface area (Å²) in [5.74, 6) is -1.25. The van der Waals surface area contributed by atoms with Gasteiger partial charge in [-0.2, -0.15) is 0 Å². The second kappa shape index (κ2) is 22.9. The van der Waals surface area contributed by atoms with Gasteiger partial charge in [0.15, 0.2) is 27.9 Å². The first-order valence-corrected chi connectivity index (χ1v) is 35.2. The average Bonchev–Trinajstić information content (AvgIpc) is 2.36. The van der Waals surface area contributed by atoms with E-state index < -0.39 is 68.5 Å². The van der Waals surface area contributed by atoms with Crippen LogP contribution >= 0.6 is 11.8 Å². The number of nitrogens with zero attached hydrogens (tertiary/aromatic N) is 8. The average molecular weight is 1140 g/mol. The van der Waals surface area contributed by atoms with Gasteiger partial charge in [-0.25, -0.2) is 9.97 Å². The Morgan fingerprint density at radius 1 is 1.05 bits per heavy atom. The van der Waals surface area contributed by atoms with Crippen molar-refractivity contribution in [3.05, 3.63) is 99.3 Å². The van der Waals surface area contributed by atoms with Crippen molar-refractivity contribution in [2.45, 2.75) is 144 Å². The maximum absolute atomic E-state index is 15.7. The second-order valence-corrected chi connectivity index (χ2v) is 33.9. The van der Waals surface area contributed by atoms with Crippen LogP contribution in [0, 0.1) is 11.3 Å². The molecule has 2 fully saturated rings. The van der Waals surface area contributed by atoms with Crippen LogP contribution in [0.4, 0.5) is 5.69 Å². The van der Waals surface area contributed by atoms with E-state index in [0.717, 1.165) is 63.2 Å². The first-order chi connectivity index (χ1) is 37.7. The fourth-order valence-electron chi connectivity index (χ4n) is 15.1. The smallest absolute Gasteiger partial charge is 0.322 e. The van der Waals surface area contributed by atoms with E-state index >= 15 is 9.59 Å². The van der Waals surface area contributed by atoms with Gasteiger partial charge in [0.2, 0.25) is 5.60 Å². The van der Waals surface area contributed by atoms with E-state index in [1.807, 2.05) is 43.1 Å². The Morgan fingerprint density at radius 3 is 2.49 bits per heavy atom. The number of benzene rings is 2. The third-order valence-corrected chi connectivity index (χ3v) is 27.6. The summed E-state index contributed by atoms with van der Waals surface area (Å²) in [6.45, 7) is 17.0. The van der Waals surface area contributed by atoms with Crippen LogP contribution in [0.5, 0.6) is 5.75 Å². The number of nitrogens with one attached hydrogen (secondary N) is 2. The SMILES string of the molecule is CCC[C@@H]1CN(CO)CCc2c([nH]c3ccccc23)[C@@](C(=O)OC)(c2cc3c(cc2OC)N(C)[C@H]2[C@@](O)(C(=O)NCCC[Si](C)(C)O[Si](C)(C)CSc4ncc(CN=[N+]=[N-])cn4)[C@H](OC(C)=O)[C@]4(CC)C=CCN5CC[C@]32[C@@H]54)C1. The number of carbonyl (C=O) groups excluding carboxylic acids is 3. The molecule has 0 bridgehead atoms. The molecule has 79 heavy (non-hydrogen) atoms. The first-order valence-electron chi connectivity index (χ1n) is 28.0. The highest BCUT2D eigenvalue weighted by atomic mass is 32.2. The predicted octanol–water partition coefficient (Wildman–Crippen LogP) is 7.89. The lowest BCUT2D eigenvalue weighted by molar-refractivity contribution is -0.218. The Balaban J connectivity index is 1.11. The van der Waals surface area contributed by atoms with Crippen LogP contribution in [0.3, 0.4) is 0 Å². The molecule has 0 unspecified atom stereocenters. The maximum atomic E-state index is 15.7. The zero-order chi connectivity index (χ0) is 56.7. The predicted molar refractivity (Wildman–Crippen MR) is 310 cm³/mol. The van der Waals surface area contributed by atoms with Crippen molar-refractivity contribution in [1.82, 2.24) is 30.1 Å². The van der Waals surface area contributed by atoms with Crippen molar-refractivity contribution >= 4 is 62.8 Å². The standard InChI is InChI=1S/C57H80N10O9SSi2/c1-11-17-38-30-56(52(71)74-6,47-41(20-25-66(34-38)35-68)40-18-13-14-19-44(40)63-47)43-28-42-45(29-46(43)73-5)65(4)49-55(42)22-26-67-24-15-21-54(12-2,48(55)67)50(75-37(3)69)57(49,72)51(70)59-23-16-27-78(7,8)76-79(9,10)36-77-53-60-31-39(32-61-53)33-62-64-58/h13-15,18-19,21,28-29,31-32,38,48-50,63,68,72H,11-12,16-17,20,22-27,30,33-36H2,1-10H3,(H,59,70)/t38-,48-,49+,50+,54+,55+,56-,57-/m0/s1. The van der Waals surface area contributed by atoms with Crippen LogP contribution in [0.25, 0.3) is 21.3 Å². The number of H-pyrrole nitrogens is 1. The van der Waals surface area contributed by atoms with Crippen LogP contribution in [-0.4, -0.2) is 159 Å². The van der Waals surface area contributed by atoms with Crippen molar-refractivity contribution < 1.29 is 42.9 Å². The molecular formula is C57H80N10O9SSi2. The van der Waals surface area contributed by atoms with Crippen LogP contribution in [0.2, 0.25) is 32.2 Å². The van der Waals surface area contributed by atoms with E-state index in [2.05, 4.69) is 97.5 Å². The zero-order valence-corrected chi connectivity index (χ0v) is 50.5. The molecule has 1 saturated carbocycles. The van der Waals surface area contributed by atoms with Gasteiger partial charge in [0.25, 0.3) is 5.91 Å². The number of para-hydroxylation sites is 1. The number of aliphatic hydroxyl groups is 2. The molecule has 2 aromatic carbocycles. The number of likely N-dealkylation sites (N-methyl/N-ethyl adjacent to an activating group) is 1. The lowest BCUT2D eigenvalue weighted by Gasteiger charge is -2.63. The molecule has 1 saturated heterocycles. The van der Waals surface area contributed by atoms with Gasteiger partial charge in [0, 0.05) is 114 Å². The summed E-state index contributed by atoms with van der Waals surface area (Å²) in [5.41, 5.74) is 8.55. The minimum atomic E-state index is -2.30. The third-order valence-electron chi connectivity index (χ3n) is 17.8. The normalized spacial score (nSPS) is 27.6. The van der Waals surface area contributed by atoms with E-state index in [0.29, 0.717) is 74.8 Å². The summed E-state index contributed by atoms with van der Waals surface area (Å²) in [6, 6.07) is 11.7. The maximum Gasteiger partial charge on any atom is 0.322 e. The number of aromatic nitrogens is 3. The fraction of sp³-hybridized carbons (Fsp3) is 0.596. The molecule has 2 aromatic heterocycles. The Morgan fingerprint density at radius 2 is 1.81 bits per heavy atom. The summed E-state index contributed by atoms with van der Waals surface area (Å²) in [4.78, 5) is 66.8. The van der Waals surface area contributed by atoms with E-state index in [1.165, 1.54) is 14.0 Å². The van der Waals surface area contributed by atoms with Crippen molar-refractivity contribution in [2.75, 3.05) is 71.0 Å². The molecule has 19 nitrogen and oxygen atoms in total. The number of amides is 1. The number of carbonyl (C=O) groups is 3. The number of azide groups is 1. The molecule has 1 aliphatic carbocycles. The molecule has 6 heterocycles. The lowest BCUT2D eigenvalue weighted by Crippen LogP contribution is -2.82. The molecule has 0 radical (unpaired) electrons. The van der Waals surface area contributed by atoms with E-state index in [9.17, 15) is 15.0 Å². The largest absolute Gasteiger partial charge is 0.496 e. The highest BCUT2D eigenvalue weighted by Gasteiger charge is 2.80. The summed E-state index contributed by atoms with van der Waals surface area (Å²) in [5, 5.41) is 34.1. The summed E-state index contributed by atoms with van der Waals surface area (Å²) >= 11 is 1.55. The van der Waals surface area contributed by atoms with Crippen LogP contribution in [0.1, 0.15) is 87.2 Å². The van der Waals surface area contributed by atoms with Crippen LogP contribution < -0.4 is 15.0 Å². The molecule has 4 N–H and O–H groups in total. The fourth-order valence-corrected chi connectivity index (χ4v) is 25.4. The summed E-state index contributed by atoms with van der Waals surface area (Å²) in [7, 11) is 0.434. The number of rotatable bonds is 20. The number of aromatic amines is 1. The number of anilines is 1. The zero-order valence-electron chi connectivity index (χ0n) is 47.6. The molecule has 4 aliphatic heterocycles. The first kappa shape index (κ1) is 58.4. The lowest BCUT2D eigenvalue weighted by atomic mass is 9.47. The van der Waals surface area contributed by atoms with Gasteiger partial charge in [-0.05, 0) is 118 Å². The van der Waals surface area contributed by atoms with E-state index in [-0.39, 0.29) is 31.8 Å². The van der Waals surface area contributed by atoms with Gasteiger partial charge < -0.3 is 43.7 Å². The number of fused-ring (bicyclic) bond motifs is 4. The minimum absolute atomic E-state index is 0.0543. The van der Waals surface area contributed by atoms with Crippen molar-refractivity contribution in [3.8, 4) is 5.75 Å². The number of ether oxygens (including phenoxy) is 3. The molecule has 426 valence electrons. The topological polar surface area (TPSA) is 241 Å². The highest BCUT2D eigenvalue weighted by Crippen LogP contribution is 2.68. The molecular weight excluding hydrogens is 1060 g/mol. The van der Waals surface area contributed by atoms with Crippen LogP contribution in [-0.2, 0) is 51.8 Å². The molecule has 4 aromatic rings. The van der Waals surface area contributed by atoms with Gasteiger partial charge >= 0.3 is 11.9 Å². The number of aliphatic hydroxyl groups excluding tert-OH is 1. The molecule has 8 atom stereocenters. The molecule has 5 aliphatic rings. The number of hydrogen-bond donors (Lipinski definition) is 4. The number of esters is 2. The monoisotopic (exact) mass is 1140 g/mol. The molecule has 9 rings (SSSR count). The number of hydrogen-bond acceptors (Lipinski definition) is 16. The number of methoxy groups -OCH3 is 2. The minimum Gasteiger partial charge on any atom is -0.496 e. The number of thioether (sulfide) groups is 1. The Hall–Kier alpha value is -5.30. The van der Waals surface area contributed by atoms with Crippen molar-refractivity contribution in [2.24, 2.45) is 16.4 Å². The Bertz CT molecular complexity index is 3010. The summed E-state index contributed by atoms with van der Waals surface area (Å²) in [6.07, 6.45) is 10.4. The van der Waals surface area contributed by atoms with E-state index in [4.69, 9.17) is 23.9 Å². The second-order valence-electron chi connectivity index (χ2n) is 23.7. The Kier molecular flexibility index (Phi) is 16.9. The third kappa shape index (κ3) is 10.2. The quantitative estimate of drug-likeness (QED) is 0.00757. The summed E-state index contributed by atoms with van der Waals surface area (Å²) < 4.78 is 25.9. The van der Waals surface area contributed by atoms with Gasteiger partial charge in [0.05, 0.1) is 33.5 Å². The molecule has 1 spiro atoms. The highest BCUT2D eigenvalue weighted by molar-refractivity contribution is 8.00. The van der Waals surface area contributed by atoms with Gasteiger partial charge in [0.1, 0.15) is 11.2 Å².